The number of rotatable bonds is 5. The molecule has 0 amide bonds. The zero-order chi connectivity index (χ0) is 19.3. The van der Waals surface area contributed by atoms with Crippen molar-refractivity contribution in [2.45, 2.75) is 97.1 Å². The number of esters is 2. The van der Waals surface area contributed by atoms with Crippen LogP contribution in [0, 0.1) is 10.8 Å². The summed E-state index contributed by atoms with van der Waals surface area (Å²) >= 11 is 0. The van der Waals surface area contributed by atoms with Gasteiger partial charge in [0.1, 0.15) is 0 Å². The number of carbonyl (C=O) groups excluding carboxylic acids is 2. The monoisotopic (exact) mass is 382 g/mol. The molecule has 4 atom stereocenters. The van der Waals surface area contributed by atoms with E-state index < -0.39 is 23.4 Å². The Morgan fingerprint density at radius 2 is 1.48 bits per heavy atom. The van der Waals surface area contributed by atoms with Crippen molar-refractivity contribution in [1.82, 2.24) is 0 Å². The van der Waals surface area contributed by atoms with Crippen molar-refractivity contribution in [3.05, 3.63) is 0 Å². The van der Waals surface area contributed by atoms with E-state index >= 15 is 0 Å². The standard InChI is InChI=1S/C21H34O6/c1-3-21(19(23)27-17-10-5-7-14-25-17)12-8-11-20(2,15-21)18(22)26-16-9-4-6-13-24-16/h16-17H,3-15H2,1-2H3. The molecule has 0 aromatic rings. The van der Waals surface area contributed by atoms with Crippen LogP contribution in [0.4, 0.5) is 0 Å². The highest BCUT2D eigenvalue weighted by atomic mass is 16.7. The van der Waals surface area contributed by atoms with E-state index in [9.17, 15) is 9.59 Å². The second kappa shape index (κ2) is 8.91. The molecular formula is C21H34O6. The third-order valence-corrected chi connectivity index (χ3v) is 6.47. The number of carbonyl (C=O) groups is 2. The minimum absolute atomic E-state index is 0.218. The molecule has 0 aromatic heterocycles. The predicted octanol–water partition coefficient (Wildman–Crippen LogP) is 4.10. The van der Waals surface area contributed by atoms with Gasteiger partial charge in [-0.1, -0.05) is 13.3 Å². The number of hydrogen-bond donors (Lipinski definition) is 0. The molecule has 0 radical (unpaired) electrons. The van der Waals surface area contributed by atoms with Crippen LogP contribution in [0.2, 0.25) is 0 Å². The maximum Gasteiger partial charge on any atom is 0.314 e. The fourth-order valence-electron chi connectivity index (χ4n) is 4.65. The maximum atomic E-state index is 13.0. The van der Waals surface area contributed by atoms with Gasteiger partial charge in [0.15, 0.2) is 0 Å². The average Bonchev–Trinajstić information content (AvgIpc) is 2.69. The van der Waals surface area contributed by atoms with Crippen molar-refractivity contribution in [3.63, 3.8) is 0 Å². The summed E-state index contributed by atoms with van der Waals surface area (Å²) in [5.74, 6) is -0.460. The molecule has 2 saturated heterocycles. The van der Waals surface area contributed by atoms with Crippen molar-refractivity contribution in [3.8, 4) is 0 Å². The SMILES string of the molecule is CCC1(C(=O)OC2CCCCO2)CCCC(C)(C(=O)OC2CCCCO2)C1. The molecule has 0 aromatic carbocycles. The zero-order valence-electron chi connectivity index (χ0n) is 16.8. The van der Waals surface area contributed by atoms with Crippen LogP contribution in [-0.2, 0) is 28.5 Å². The van der Waals surface area contributed by atoms with E-state index in [2.05, 4.69) is 0 Å². The minimum atomic E-state index is -0.679. The van der Waals surface area contributed by atoms with E-state index in [4.69, 9.17) is 18.9 Å². The molecule has 3 fully saturated rings. The van der Waals surface area contributed by atoms with E-state index in [1.54, 1.807) is 0 Å². The summed E-state index contributed by atoms with van der Waals surface area (Å²) in [6, 6.07) is 0. The van der Waals surface area contributed by atoms with Gasteiger partial charge in [-0.05, 0) is 58.3 Å². The summed E-state index contributed by atoms with van der Waals surface area (Å²) in [5.41, 5.74) is -1.32. The molecule has 27 heavy (non-hydrogen) atoms. The van der Waals surface area contributed by atoms with Crippen LogP contribution in [0.1, 0.15) is 84.5 Å². The Morgan fingerprint density at radius 1 is 0.889 bits per heavy atom. The smallest absolute Gasteiger partial charge is 0.314 e. The summed E-state index contributed by atoms with van der Waals surface area (Å²) in [7, 11) is 0. The van der Waals surface area contributed by atoms with Crippen LogP contribution < -0.4 is 0 Å². The van der Waals surface area contributed by atoms with Gasteiger partial charge in [0.05, 0.1) is 24.0 Å². The summed E-state index contributed by atoms with van der Waals surface area (Å²) in [4.78, 5) is 26.0. The molecule has 1 saturated carbocycles. The first-order valence-electron chi connectivity index (χ1n) is 10.6. The third kappa shape index (κ3) is 4.83. The molecule has 0 spiro atoms. The number of hydrogen-bond acceptors (Lipinski definition) is 6. The van der Waals surface area contributed by atoms with Crippen molar-refractivity contribution < 1.29 is 28.5 Å². The minimum Gasteiger partial charge on any atom is -0.435 e. The summed E-state index contributed by atoms with van der Waals surface area (Å²) in [6.07, 6.45) is 8.09. The van der Waals surface area contributed by atoms with E-state index in [-0.39, 0.29) is 11.9 Å². The largest absolute Gasteiger partial charge is 0.435 e. The lowest BCUT2D eigenvalue weighted by atomic mass is 9.61. The molecule has 3 aliphatic rings. The highest BCUT2D eigenvalue weighted by Crippen LogP contribution is 2.50. The molecular weight excluding hydrogens is 348 g/mol. The Balaban J connectivity index is 1.65. The molecule has 154 valence electrons. The Morgan fingerprint density at radius 3 is 2.00 bits per heavy atom. The van der Waals surface area contributed by atoms with Crippen molar-refractivity contribution in [2.75, 3.05) is 13.2 Å². The summed E-state index contributed by atoms with van der Waals surface area (Å²) in [6.45, 7) is 5.21. The van der Waals surface area contributed by atoms with Crippen LogP contribution in [0.15, 0.2) is 0 Å². The van der Waals surface area contributed by atoms with Gasteiger partial charge < -0.3 is 18.9 Å². The van der Waals surface area contributed by atoms with Crippen molar-refractivity contribution in [2.24, 2.45) is 10.8 Å². The van der Waals surface area contributed by atoms with E-state index in [0.717, 1.165) is 57.8 Å². The summed E-state index contributed by atoms with van der Waals surface area (Å²) in [5, 5.41) is 0. The maximum absolute atomic E-state index is 13.0. The first-order valence-corrected chi connectivity index (χ1v) is 10.6. The first kappa shape index (κ1) is 20.6. The zero-order valence-corrected chi connectivity index (χ0v) is 16.8. The molecule has 3 rings (SSSR count). The van der Waals surface area contributed by atoms with Gasteiger partial charge in [0.2, 0.25) is 12.6 Å². The van der Waals surface area contributed by atoms with Gasteiger partial charge >= 0.3 is 11.9 Å². The van der Waals surface area contributed by atoms with Crippen LogP contribution in [0.25, 0.3) is 0 Å². The Bertz CT molecular complexity index is 523. The molecule has 6 nitrogen and oxygen atoms in total. The lowest BCUT2D eigenvalue weighted by molar-refractivity contribution is -0.208. The van der Waals surface area contributed by atoms with Crippen molar-refractivity contribution in [1.29, 1.82) is 0 Å². The van der Waals surface area contributed by atoms with Crippen molar-refractivity contribution >= 4 is 11.9 Å². The second-order valence-corrected chi connectivity index (χ2v) is 8.63. The van der Waals surface area contributed by atoms with Gasteiger partial charge in [0.25, 0.3) is 0 Å². The second-order valence-electron chi connectivity index (χ2n) is 8.63. The highest BCUT2D eigenvalue weighted by Gasteiger charge is 2.52. The highest BCUT2D eigenvalue weighted by molar-refractivity contribution is 5.81. The van der Waals surface area contributed by atoms with Crippen LogP contribution in [0.5, 0.6) is 0 Å². The Labute approximate surface area is 162 Å². The van der Waals surface area contributed by atoms with E-state index in [1.807, 2.05) is 13.8 Å². The Kier molecular flexibility index (Phi) is 6.79. The number of ether oxygens (including phenoxy) is 4. The molecule has 2 aliphatic heterocycles. The van der Waals surface area contributed by atoms with E-state index in [0.29, 0.717) is 26.1 Å². The fraction of sp³-hybridized carbons (Fsp3) is 0.905. The average molecular weight is 382 g/mol. The fourth-order valence-corrected chi connectivity index (χ4v) is 4.65. The van der Waals surface area contributed by atoms with Gasteiger partial charge in [-0.3, -0.25) is 9.59 Å². The lowest BCUT2D eigenvalue weighted by Gasteiger charge is -2.44. The Hall–Kier alpha value is -1.14. The molecule has 4 unspecified atom stereocenters. The van der Waals surface area contributed by atoms with Crippen LogP contribution in [0.3, 0.4) is 0 Å². The predicted molar refractivity (Wildman–Crippen MR) is 98.7 cm³/mol. The summed E-state index contributed by atoms with van der Waals surface area (Å²) < 4.78 is 22.5. The van der Waals surface area contributed by atoms with Gasteiger partial charge in [-0.15, -0.1) is 0 Å². The van der Waals surface area contributed by atoms with Gasteiger partial charge in [0, 0.05) is 12.8 Å². The quantitative estimate of drug-likeness (QED) is 0.667. The molecule has 0 N–H and O–H groups in total. The molecule has 1 aliphatic carbocycles. The molecule has 0 bridgehead atoms. The van der Waals surface area contributed by atoms with Gasteiger partial charge in [-0.2, -0.15) is 0 Å². The van der Waals surface area contributed by atoms with E-state index in [1.165, 1.54) is 0 Å². The van der Waals surface area contributed by atoms with Crippen LogP contribution in [-0.4, -0.2) is 37.7 Å². The van der Waals surface area contributed by atoms with Gasteiger partial charge in [-0.25, -0.2) is 0 Å². The third-order valence-electron chi connectivity index (χ3n) is 6.47. The molecule has 2 heterocycles. The normalized spacial score (nSPS) is 37.4. The molecule has 6 heteroatoms. The topological polar surface area (TPSA) is 71.1 Å². The van der Waals surface area contributed by atoms with Crippen LogP contribution >= 0.6 is 0 Å². The lowest BCUT2D eigenvalue weighted by Crippen LogP contribution is -2.47. The first-order chi connectivity index (χ1) is 13.0.